The first-order valence-corrected chi connectivity index (χ1v) is 9.25. The average molecular weight is 467 g/mol. The Labute approximate surface area is 162 Å². The number of carbonyl (C=O) groups is 2. The molecule has 0 aliphatic carbocycles. The fourth-order valence-electron chi connectivity index (χ4n) is 2.39. The fourth-order valence-corrected chi connectivity index (χ4v) is 3.85. The standard InChI is InChI=1S/C18H14INO4S/c1-24-14-8-12(7-13(19)16(14)21)9-15-17(22)20(18(23)25-15)10-11-5-3-2-4-6-11/h2-9,21H,10H2,1H3. The number of phenols is 1. The quantitative estimate of drug-likeness (QED) is 0.539. The van der Waals surface area contributed by atoms with Gasteiger partial charge in [0.25, 0.3) is 11.1 Å². The Kier molecular flexibility index (Phi) is 5.33. The van der Waals surface area contributed by atoms with Crippen LogP contribution < -0.4 is 4.74 Å². The third kappa shape index (κ3) is 3.82. The number of rotatable bonds is 4. The van der Waals surface area contributed by atoms with Gasteiger partial charge in [0, 0.05) is 0 Å². The summed E-state index contributed by atoms with van der Waals surface area (Å²) in [5.74, 6) is 0.0556. The monoisotopic (exact) mass is 467 g/mol. The van der Waals surface area contributed by atoms with E-state index in [2.05, 4.69) is 0 Å². The molecule has 2 aromatic carbocycles. The van der Waals surface area contributed by atoms with Crippen molar-refractivity contribution >= 4 is 51.6 Å². The molecule has 0 saturated carbocycles. The maximum absolute atomic E-state index is 12.6. The van der Waals surface area contributed by atoms with E-state index >= 15 is 0 Å². The van der Waals surface area contributed by atoms with Crippen LogP contribution in [0.5, 0.6) is 11.5 Å². The highest BCUT2D eigenvalue weighted by Crippen LogP contribution is 2.36. The molecular formula is C18H14INO4S. The van der Waals surface area contributed by atoms with Gasteiger partial charge in [-0.2, -0.15) is 0 Å². The summed E-state index contributed by atoms with van der Waals surface area (Å²) in [5, 5.41) is 9.60. The molecule has 1 heterocycles. The predicted octanol–water partition coefficient (Wildman–Crippen LogP) is 4.24. The van der Waals surface area contributed by atoms with E-state index in [-0.39, 0.29) is 23.4 Å². The number of nitrogens with zero attached hydrogens (tertiary/aromatic N) is 1. The molecule has 0 radical (unpaired) electrons. The number of thioether (sulfide) groups is 1. The SMILES string of the molecule is COc1cc(C=C2SC(=O)N(Cc3ccccc3)C2=O)cc(I)c1O. The third-order valence-electron chi connectivity index (χ3n) is 3.63. The van der Waals surface area contributed by atoms with Crippen LogP contribution in [0.15, 0.2) is 47.4 Å². The molecule has 0 bridgehead atoms. The first-order valence-electron chi connectivity index (χ1n) is 7.35. The van der Waals surface area contributed by atoms with Crippen LogP contribution in [0.4, 0.5) is 4.79 Å². The molecule has 1 fully saturated rings. The second kappa shape index (κ2) is 7.49. The van der Waals surface area contributed by atoms with Crippen molar-refractivity contribution in [1.82, 2.24) is 4.90 Å². The van der Waals surface area contributed by atoms with Crippen LogP contribution in [0.3, 0.4) is 0 Å². The van der Waals surface area contributed by atoms with Crippen molar-refractivity contribution in [1.29, 1.82) is 0 Å². The van der Waals surface area contributed by atoms with Gasteiger partial charge in [0.15, 0.2) is 11.5 Å². The number of imide groups is 1. The molecule has 7 heteroatoms. The number of aromatic hydroxyl groups is 1. The summed E-state index contributed by atoms with van der Waals surface area (Å²) in [7, 11) is 1.46. The van der Waals surface area contributed by atoms with Gasteiger partial charge >= 0.3 is 0 Å². The van der Waals surface area contributed by atoms with Gasteiger partial charge < -0.3 is 9.84 Å². The molecule has 2 aromatic rings. The van der Waals surface area contributed by atoms with Crippen molar-refractivity contribution in [2.45, 2.75) is 6.54 Å². The van der Waals surface area contributed by atoms with Crippen molar-refractivity contribution in [3.8, 4) is 11.5 Å². The van der Waals surface area contributed by atoms with Gasteiger partial charge in [-0.3, -0.25) is 14.5 Å². The van der Waals surface area contributed by atoms with E-state index in [4.69, 9.17) is 4.74 Å². The van der Waals surface area contributed by atoms with Gasteiger partial charge in [-0.1, -0.05) is 30.3 Å². The van der Waals surface area contributed by atoms with Crippen LogP contribution >= 0.6 is 34.4 Å². The van der Waals surface area contributed by atoms with Crippen molar-refractivity contribution in [2.24, 2.45) is 0 Å². The fraction of sp³-hybridized carbons (Fsp3) is 0.111. The topological polar surface area (TPSA) is 66.8 Å². The zero-order valence-corrected chi connectivity index (χ0v) is 16.2. The lowest BCUT2D eigenvalue weighted by molar-refractivity contribution is -0.123. The van der Waals surface area contributed by atoms with E-state index in [0.717, 1.165) is 17.3 Å². The zero-order valence-electron chi connectivity index (χ0n) is 13.2. The minimum Gasteiger partial charge on any atom is -0.504 e. The Morgan fingerprint density at radius 1 is 1.24 bits per heavy atom. The van der Waals surface area contributed by atoms with Crippen LogP contribution in [0, 0.1) is 3.57 Å². The largest absolute Gasteiger partial charge is 0.504 e. The maximum Gasteiger partial charge on any atom is 0.293 e. The number of ether oxygens (including phenoxy) is 1. The number of hydrogen-bond donors (Lipinski definition) is 1. The van der Waals surface area contributed by atoms with Crippen LogP contribution in [0.2, 0.25) is 0 Å². The first kappa shape index (κ1) is 17.8. The molecule has 128 valence electrons. The van der Waals surface area contributed by atoms with E-state index in [1.807, 2.05) is 52.9 Å². The van der Waals surface area contributed by atoms with E-state index in [1.54, 1.807) is 18.2 Å². The lowest BCUT2D eigenvalue weighted by atomic mass is 10.1. The summed E-state index contributed by atoms with van der Waals surface area (Å²) in [4.78, 5) is 26.3. The van der Waals surface area contributed by atoms with Gasteiger partial charge in [0.05, 0.1) is 22.1 Å². The molecule has 1 N–H and O–H groups in total. The average Bonchev–Trinajstić information content (AvgIpc) is 2.86. The van der Waals surface area contributed by atoms with Crippen LogP contribution in [0.1, 0.15) is 11.1 Å². The van der Waals surface area contributed by atoms with Gasteiger partial charge in [-0.05, 0) is 63.7 Å². The van der Waals surface area contributed by atoms with Crippen LogP contribution in [-0.4, -0.2) is 28.3 Å². The molecule has 0 unspecified atom stereocenters. The minimum absolute atomic E-state index is 0.0532. The Morgan fingerprint density at radius 3 is 2.64 bits per heavy atom. The van der Waals surface area contributed by atoms with Crippen LogP contribution in [-0.2, 0) is 11.3 Å². The number of halogens is 1. The highest BCUT2D eigenvalue weighted by atomic mass is 127. The van der Waals surface area contributed by atoms with E-state index < -0.39 is 0 Å². The van der Waals surface area contributed by atoms with Gasteiger partial charge in [-0.25, -0.2) is 0 Å². The number of methoxy groups -OCH3 is 1. The second-order valence-electron chi connectivity index (χ2n) is 5.31. The highest BCUT2D eigenvalue weighted by Gasteiger charge is 2.35. The lowest BCUT2D eigenvalue weighted by Crippen LogP contribution is -2.27. The number of phenolic OH excluding ortho intramolecular Hbond substituents is 1. The van der Waals surface area contributed by atoms with Crippen molar-refractivity contribution in [2.75, 3.05) is 7.11 Å². The van der Waals surface area contributed by atoms with Crippen molar-refractivity contribution in [3.05, 3.63) is 62.1 Å². The molecule has 3 rings (SSSR count). The van der Waals surface area contributed by atoms with Gasteiger partial charge in [0.1, 0.15) is 0 Å². The molecule has 2 amide bonds. The summed E-state index contributed by atoms with van der Waals surface area (Å²) >= 11 is 2.90. The lowest BCUT2D eigenvalue weighted by Gasteiger charge is -2.12. The molecule has 5 nitrogen and oxygen atoms in total. The van der Waals surface area contributed by atoms with Crippen molar-refractivity contribution < 1.29 is 19.4 Å². The number of hydrogen-bond acceptors (Lipinski definition) is 5. The molecular weight excluding hydrogens is 453 g/mol. The Hall–Kier alpha value is -2.00. The molecule has 0 spiro atoms. The maximum atomic E-state index is 12.6. The number of amides is 2. The smallest absolute Gasteiger partial charge is 0.293 e. The normalized spacial score (nSPS) is 15.9. The third-order valence-corrected chi connectivity index (χ3v) is 5.36. The molecule has 0 aromatic heterocycles. The summed E-state index contributed by atoms with van der Waals surface area (Å²) < 4.78 is 5.73. The molecule has 1 saturated heterocycles. The Balaban J connectivity index is 1.87. The van der Waals surface area contributed by atoms with E-state index in [9.17, 15) is 14.7 Å². The minimum atomic E-state index is -0.319. The highest BCUT2D eigenvalue weighted by molar-refractivity contribution is 14.1. The van der Waals surface area contributed by atoms with E-state index in [0.29, 0.717) is 19.8 Å². The second-order valence-corrected chi connectivity index (χ2v) is 7.46. The summed E-state index contributed by atoms with van der Waals surface area (Å²) in [6.45, 7) is 0.249. The molecule has 1 aliphatic rings. The first-order chi connectivity index (χ1) is 12.0. The summed E-state index contributed by atoms with van der Waals surface area (Å²) in [5.41, 5.74) is 1.58. The van der Waals surface area contributed by atoms with Gasteiger partial charge in [0.2, 0.25) is 0 Å². The Bertz CT molecular complexity index is 867. The number of benzene rings is 2. The number of carbonyl (C=O) groups excluding carboxylic acids is 2. The molecule has 1 aliphatic heterocycles. The predicted molar refractivity (Wildman–Crippen MR) is 105 cm³/mol. The zero-order chi connectivity index (χ0) is 18.0. The summed E-state index contributed by atoms with van der Waals surface area (Å²) in [6.07, 6.45) is 1.64. The molecule has 0 atom stereocenters. The van der Waals surface area contributed by atoms with Gasteiger partial charge in [-0.15, -0.1) is 0 Å². The van der Waals surface area contributed by atoms with Crippen molar-refractivity contribution in [3.63, 3.8) is 0 Å². The Morgan fingerprint density at radius 2 is 1.96 bits per heavy atom. The molecule has 25 heavy (non-hydrogen) atoms. The van der Waals surface area contributed by atoms with E-state index in [1.165, 1.54) is 12.0 Å². The summed E-state index contributed by atoms with van der Waals surface area (Å²) in [6, 6.07) is 12.7. The van der Waals surface area contributed by atoms with Crippen LogP contribution in [0.25, 0.3) is 6.08 Å².